The number of nitrogens with one attached hydrogen (secondary N) is 1. The number of aryl methyl sites for hydroxylation is 2. The molecule has 5 nitrogen and oxygen atoms in total. The lowest BCUT2D eigenvalue weighted by Gasteiger charge is -2.08. The van der Waals surface area contributed by atoms with Crippen molar-refractivity contribution >= 4 is 22.6 Å². The molecule has 1 heterocycles. The molecule has 25 heavy (non-hydrogen) atoms. The third kappa shape index (κ3) is 3.55. The van der Waals surface area contributed by atoms with Crippen molar-refractivity contribution in [3.8, 4) is 5.75 Å². The van der Waals surface area contributed by atoms with E-state index in [0.717, 1.165) is 16.9 Å². The van der Waals surface area contributed by atoms with Gasteiger partial charge >= 0.3 is 0 Å². The van der Waals surface area contributed by atoms with Crippen molar-refractivity contribution in [2.45, 2.75) is 20.8 Å². The Morgan fingerprint density at radius 1 is 1.08 bits per heavy atom. The van der Waals surface area contributed by atoms with Crippen molar-refractivity contribution < 1.29 is 13.9 Å². The smallest absolute Gasteiger partial charge is 0.291 e. The van der Waals surface area contributed by atoms with Gasteiger partial charge in [-0.2, -0.15) is 0 Å². The maximum atomic E-state index is 12.4. The molecule has 0 aliphatic rings. The van der Waals surface area contributed by atoms with Gasteiger partial charge in [0.2, 0.25) is 0 Å². The van der Waals surface area contributed by atoms with Crippen LogP contribution in [0.4, 0.5) is 5.69 Å². The molecule has 0 unspecified atom stereocenters. The SMILES string of the molecule is CCOc1ccc(NC(=O)c2cc(=O)c3cc(C)c(C)cc3o2)cc1. The number of rotatable bonds is 4. The van der Waals surface area contributed by atoms with Crippen LogP contribution in [0.5, 0.6) is 5.75 Å². The Hall–Kier alpha value is -3.08. The van der Waals surface area contributed by atoms with Gasteiger partial charge in [-0.25, -0.2) is 0 Å². The fraction of sp³-hybridized carbons (Fsp3) is 0.200. The number of carbonyl (C=O) groups is 1. The maximum Gasteiger partial charge on any atom is 0.291 e. The van der Waals surface area contributed by atoms with Crippen LogP contribution >= 0.6 is 0 Å². The number of hydrogen-bond donors (Lipinski definition) is 1. The van der Waals surface area contributed by atoms with Crippen LogP contribution in [-0.4, -0.2) is 12.5 Å². The van der Waals surface area contributed by atoms with E-state index in [1.165, 1.54) is 6.07 Å². The lowest BCUT2D eigenvalue weighted by Crippen LogP contribution is -2.15. The molecule has 1 N–H and O–H groups in total. The van der Waals surface area contributed by atoms with Crippen molar-refractivity contribution in [3.05, 3.63) is 69.6 Å². The summed E-state index contributed by atoms with van der Waals surface area (Å²) in [6.07, 6.45) is 0. The quantitative estimate of drug-likeness (QED) is 0.779. The second kappa shape index (κ2) is 6.81. The molecular formula is C20H19NO4. The Balaban J connectivity index is 1.89. The summed E-state index contributed by atoms with van der Waals surface area (Å²) >= 11 is 0. The van der Waals surface area contributed by atoms with Gasteiger partial charge in [-0.1, -0.05) is 0 Å². The van der Waals surface area contributed by atoms with Gasteiger partial charge < -0.3 is 14.5 Å². The molecule has 5 heteroatoms. The number of benzene rings is 2. The van der Waals surface area contributed by atoms with Gasteiger partial charge in [0.1, 0.15) is 11.3 Å². The molecule has 0 aliphatic heterocycles. The molecular weight excluding hydrogens is 318 g/mol. The largest absolute Gasteiger partial charge is 0.494 e. The van der Waals surface area contributed by atoms with Gasteiger partial charge in [-0.3, -0.25) is 9.59 Å². The first kappa shape index (κ1) is 16.8. The van der Waals surface area contributed by atoms with E-state index in [-0.39, 0.29) is 11.2 Å². The minimum atomic E-state index is -0.471. The monoisotopic (exact) mass is 337 g/mol. The molecule has 0 radical (unpaired) electrons. The van der Waals surface area contributed by atoms with Gasteiger partial charge in [0, 0.05) is 11.8 Å². The standard InChI is InChI=1S/C20H19NO4/c1-4-24-15-7-5-14(6-8-15)21-20(23)19-11-17(22)16-9-12(2)13(3)10-18(16)25-19/h5-11H,4H2,1-3H3,(H,21,23). The number of fused-ring (bicyclic) bond motifs is 1. The molecule has 128 valence electrons. The van der Waals surface area contributed by atoms with E-state index in [1.807, 2.05) is 20.8 Å². The number of amides is 1. The Labute approximate surface area is 145 Å². The summed E-state index contributed by atoms with van der Waals surface area (Å²) in [4.78, 5) is 24.7. The van der Waals surface area contributed by atoms with E-state index in [9.17, 15) is 9.59 Å². The molecule has 1 aromatic heterocycles. The molecule has 3 aromatic rings. The van der Waals surface area contributed by atoms with Crippen molar-refractivity contribution in [1.82, 2.24) is 0 Å². The highest BCUT2D eigenvalue weighted by Gasteiger charge is 2.13. The van der Waals surface area contributed by atoms with Crippen LogP contribution in [0, 0.1) is 13.8 Å². The minimum absolute atomic E-state index is 0.0189. The van der Waals surface area contributed by atoms with Crippen LogP contribution in [-0.2, 0) is 0 Å². The summed E-state index contributed by atoms with van der Waals surface area (Å²) in [5.41, 5.74) is 2.77. The highest BCUT2D eigenvalue weighted by molar-refractivity contribution is 6.03. The minimum Gasteiger partial charge on any atom is -0.494 e. The van der Waals surface area contributed by atoms with Gasteiger partial charge in [-0.15, -0.1) is 0 Å². The van der Waals surface area contributed by atoms with Crippen LogP contribution in [0.15, 0.2) is 51.7 Å². The lowest BCUT2D eigenvalue weighted by atomic mass is 10.1. The van der Waals surface area contributed by atoms with Crippen LogP contribution in [0.3, 0.4) is 0 Å². The van der Waals surface area contributed by atoms with Gasteiger partial charge in [0.05, 0.1) is 12.0 Å². The molecule has 0 saturated heterocycles. The number of ether oxygens (including phenoxy) is 1. The molecule has 0 aliphatic carbocycles. The van der Waals surface area contributed by atoms with E-state index < -0.39 is 5.91 Å². The molecule has 0 spiro atoms. The Bertz CT molecular complexity index is 987. The zero-order chi connectivity index (χ0) is 18.0. The van der Waals surface area contributed by atoms with E-state index >= 15 is 0 Å². The first-order valence-electron chi connectivity index (χ1n) is 8.07. The van der Waals surface area contributed by atoms with Gasteiger partial charge in [0.15, 0.2) is 11.2 Å². The lowest BCUT2D eigenvalue weighted by molar-refractivity contribution is 0.0997. The zero-order valence-electron chi connectivity index (χ0n) is 14.4. The van der Waals surface area contributed by atoms with E-state index in [4.69, 9.17) is 9.15 Å². The van der Waals surface area contributed by atoms with Crippen LogP contribution in [0.2, 0.25) is 0 Å². The summed E-state index contributed by atoms with van der Waals surface area (Å²) in [5.74, 6) is 0.236. The Morgan fingerprint density at radius 3 is 2.44 bits per heavy atom. The topological polar surface area (TPSA) is 68.5 Å². The van der Waals surface area contributed by atoms with Crippen LogP contribution < -0.4 is 15.5 Å². The molecule has 1 amide bonds. The summed E-state index contributed by atoms with van der Waals surface area (Å²) in [6, 6.07) is 11.8. The van der Waals surface area contributed by atoms with Crippen molar-refractivity contribution in [3.63, 3.8) is 0 Å². The molecule has 0 atom stereocenters. The third-order valence-electron chi connectivity index (χ3n) is 3.99. The second-order valence-corrected chi connectivity index (χ2v) is 5.82. The Morgan fingerprint density at radius 2 is 1.76 bits per heavy atom. The average Bonchev–Trinajstić information content (AvgIpc) is 2.58. The van der Waals surface area contributed by atoms with E-state index in [0.29, 0.717) is 23.3 Å². The maximum absolute atomic E-state index is 12.4. The predicted octanol–water partition coefficient (Wildman–Crippen LogP) is 4.06. The highest BCUT2D eigenvalue weighted by Crippen LogP contribution is 2.20. The summed E-state index contributed by atoms with van der Waals surface area (Å²) < 4.78 is 11.0. The van der Waals surface area contributed by atoms with Gasteiger partial charge in [0.25, 0.3) is 5.91 Å². The number of hydrogen-bond acceptors (Lipinski definition) is 4. The van der Waals surface area contributed by atoms with Crippen molar-refractivity contribution in [1.29, 1.82) is 0 Å². The molecule has 0 fully saturated rings. The summed E-state index contributed by atoms with van der Waals surface area (Å²) in [6.45, 7) is 6.34. The molecule has 0 bridgehead atoms. The van der Waals surface area contributed by atoms with Crippen molar-refractivity contribution in [2.75, 3.05) is 11.9 Å². The molecule has 3 rings (SSSR count). The van der Waals surface area contributed by atoms with Gasteiger partial charge in [-0.05, 0) is 68.3 Å². The second-order valence-electron chi connectivity index (χ2n) is 5.82. The Kier molecular flexibility index (Phi) is 4.57. The normalized spacial score (nSPS) is 10.7. The zero-order valence-corrected chi connectivity index (χ0v) is 14.4. The molecule has 0 saturated carbocycles. The first-order chi connectivity index (χ1) is 12.0. The summed E-state index contributed by atoms with van der Waals surface area (Å²) in [7, 11) is 0. The third-order valence-corrected chi connectivity index (χ3v) is 3.99. The fourth-order valence-corrected chi connectivity index (χ4v) is 2.52. The highest BCUT2D eigenvalue weighted by atomic mass is 16.5. The van der Waals surface area contributed by atoms with Crippen molar-refractivity contribution in [2.24, 2.45) is 0 Å². The van der Waals surface area contributed by atoms with E-state index in [1.54, 1.807) is 36.4 Å². The number of carbonyl (C=O) groups excluding carboxylic acids is 1. The average molecular weight is 337 g/mol. The predicted molar refractivity (Wildman–Crippen MR) is 97.5 cm³/mol. The molecule has 2 aromatic carbocycles. The van der Waals surface area contributed by atoms with E-state index in [2.05, 4.69) is 5.32 Å². The summed E-state index contributed by atoms with van der Waals surface area (Å²) in [5, 5.41) is 3.19. The van der Waals surface area contributed by atoms with Crippen LogP contribution in [0.25, 0.3) is 11.0 Å². The fourth-order valence-electron chi connectivity index (χ4n) is 2.52. The van der Waals surface area contributed by atoms with Crippen LogP contribution in [0.1, 0.15) is 28.6 Å². The first-order valence-corrected chi connectivity index (χ1v) is 8.07. The number of anilines is 1.